The van der Waals surface area contributed by atoms with Gasteiger partial charge in [-0.3, -0.25) is 9.69 Å². The smallest absolute Gasteiger partial charge is 0.411 e. The van der Waals surface area contributed by atoms with Gasteiger partial charge in [0, 0.05) is 12.7 Å². The fourth-order valence-corrected chi connectivity index (χ4v) is 4.07. The maximum Gasteiger partial charge on any atom is 0.411 e. The number of hydrogen-bond donors (Lipinski definition) is 0. The van der Waals surface area contributed by atoms with Crippen LogP contribution in [-0.4, -0.2) is 63.7 Å². The SMILES string of the molecule is CC(C)(C)OC(=O)N1C(C(=O)N2CCC[C@H]2C#N)CC[C@H]1COc1cccnc1Cl. The lowest BCUT2D eigenvalue weighted by Crippen LogP contribution is -2.53. The Balaban J connectivity index is 1.78. The van der Waals surface area contributed by atoms with Crippen LogP contribution in [0.25, 0.3) is 0 Å². The van der Waals surface area contributed by atoms with Crippen LogP contribution in [0.5, 0.6) is 5.75 Å². The molecule has 0 aliphatic carbocycles. The first kappa shape index (κ1) is 22.2. The van der Waals surface area contributed by atoms with Gasteiger partial charge in [0.25, 0.3) is 0 Å². The minimum atomic E-state index is -0.700. The number of halogens is 1. The number of nitrogens with zero attached hydrogens (tertiary/aromatic N) is 4. The second-order valence-electron chi connectivity index (χ2n) is 8.56. The highest BCUT2D eigenvalue weighted by molar-refractivity contribution is 6.30. The Morgan fingerprint density at radius 3 is 2.77 bits per heavy atom. The highest BCUT2D eigenvalue weighted by Crippen LogP contribution is 2.31. The fraction of sp³-hybridized carbons (Fsp3) is 0.619. The summed E-state index contributed by atoms with van der Waals surface area (Å²) in [6.07, 6.45) is 3.52. The number of carbonyl (C=O) groups excluding carboxylic acids is 2. The average Bonchev–Trinajstić information content (AvgIpc) is 3.32. The maximum atomic E-state index is 13.2. The number of rotatable bonds is 4. The number of ether oxygens (including phenoxy) is 2. The third-order valence-electron chi connectivity index (χ3n) is 5.23. The van der Waals surface area contributed by atoms with Crippen LogP contribution in [0, 0.1) is 11.3 Å². The van der Waals surface area contributed by atoms with Crippen molar-refractivity contribution in [2.45, 2.75) is 70.2 Å². The molecule has 3 rings (SSSR count). The van der Waals surface area contributed by atoms with E-state index in [9.17, 15) is 14.9 Å². The van der Waals surface area contributed by atoms with Crippen molar-refractivity contribution in [3.8, 4) is 11.8 Å². The molecule has 1 aromatic rings. The monoisotopic (exact) mass is 434 g/mol. The van der Waals surface area contributed by atoms with Crippen molar-refractivity contribution < 1.29 is 19.1 Å². The van der Waals surface area contributed by atoms with E-state index in [0.717, 1.165) is 6.42 Å². The Morgan fingerprint density at radius 1 is 1.33 bits per heavy atom. The predicted octanol–water partition coefficient (Wildman–Crippen LogP) is 3.40. The van der Waals surface area contributed by atoms with Crippen molar-refractivity contribution >= 4 is 23.6 Å². The third-order valence-corrected chi connectivity index (χ3v) is 5.52. The van der Waals surface area contributed by atoms with Gasteiger partial charge in [0.2, 0.25) is 5.91 Å². The van der Waals surface area contributed by atoms with Gasteiger partial charge in [-0.2, -0.15) is 5.26 Å². The van der Waals surface area contributed by atoms with Gasteiger partial charge < -0.3 is 14.4 Å². The summed E-state index contributed by atoms with van der Waals surface area (Å²) >= 11 is 6.06. The average molecular weight is 435 g/mol. The van der Waals surface area contributed by atoms with E-state index in [1.807, 2.05) is 0 Å². The van der Waals surface area contributed by atoms with Crippen LogP contribution in [0.4, 0.5) is 4.79 Å². The topological polar surface area (TPSA) is 95.8 Å². The van der Waals surface area contributed by atoms with E-state index in [1.165, 1.54) is 4.90 Å². The van der Waals surface area contributed by atoms with Gasteiger partial charge in [0.05, 0.1) is 12.1 Å². The van der Waals surface area contributed by atoms with Crippen LogP contribution in [0.3, 0.4) is 0 Å². The zero-order chi connectivity index (χ0) is 21.9. The second kappa shape index (κ2) is 9.09. The summed E-state index contributed by atoms with van der Waals surface area (Å²) in [5, 5.41) is 9.59. The number of aromatic nitrogens is 1. The molecular weight excluding hydrogens is 408 g/mol. The van der Waals surface area contributed by atoms with Crippen LogP contribution in [0.2, 0.25) is 5.15 Å². The molecule has 0 spiro atoms. The minimum Gasteiger partial charge on any atom is -0.488 e. The van der Waals surface area contributed by atoms with Gasteiger partial charge in [-0.15, -0.1) is 0 Å². The zero-order valence-corrected chi connectivity index (χ0v) is 18.3. The van der Waals surface area contributed by atoms with Crippen molar-refractivity contribution in [1.29, 1.82) is 5.26 Å². The van der Waals surface area contributed by atoms with Crippen molar-refractivity contribution in [3.63, 3.8) is 0 Å². The van der Waals surface area contributed by atoms with Gasteiger partial charge in [0.15, 0.2) is 10.9 Å². The van der Waals surface area contributed by atoms with Crippen LogP contribution < -0.4 is 4.74 Å². The number of pyridine rings is 1. The Hall–Kier alpha value is -2.53. The molecule has 0 N–H and O–H groups in total. The largest absolute Gasteiger partial charge is 0.488 e. The standard InChI is InChI=1S/C21H27ClN4O4/c1-21(2,3)30-20(28)26-15(13-29-17-7-4-10-24-18(17)22)8-9-16(26)19(27)25-11-5-6-14(25)12-23/h4,7,10,14-16H,5-6,8-9,11,13H2,1-3H3/t14-,15-,16?/m0/s1. The lowest BCUT2D eigenvalue weighted by Gasteiger charge is -2.34. The van der Waals surface area contributed by atoms with E-state index in [1.54, 1.807) is 44.0 Å². The summed E-state index contributed by atoms with van der Waals surface area (Å²) in [6, 6.07) is 4.13. The van der Waals surface area contributed by atoms with Gasteiger partial charge in [-0.05, 0) is 58.6 Å². The summed E-state index contributed by atoms with van der Waals surface area (Å²) in [5.41, 5.74) is -0.700. The first-order valence-corrected chi connectivity index (χ1v) is 10.5. The highest BCUT2D eigenvalue weighted by atomic mass is 35.5. The molecule has 0 aromatic carbocycles. The molecule has 1 unspecified atom stereocenters. The molecule has 2 fully saturated rings. The van der Waals surface area contributed by atoms with Gasteiger partial charge in [-0.25, -0.2) is 9.78 Å². The maximum absolute atomic E-state index is 13.2. The molecule has 30 heavy (non-hydrogen) atoms. The normalized spacial score (nSPS) is 23.9. The van der Waals surface area contributed by atoms with E-state index in [0.29, 0.717) is 31.6 Å². The lowest BCUT2D eigenvalue weighted by molar-refractivity contribution is -0.136. The molecule has 2 amide bonds. The molecule has 8 nitrogen and oxygen atoms in total. The van der Waals surface area contributed by atoms with E-state index in [4.69, 9.17) is 21.1 Å². The number of hydrogen-bond acceptors (Lipinski definition) is 6. The minimum absolute atomic E-state index is 0.163. The Labute approximate surface area is 181 Å². The fourth-order valence-electron chi connectivity index (χ4n) is 3.90. The molecule has 2 saturated heterocycles. The van der Waals surface area contributed by atoms with Crippen molar-refractivity contribution in [2.24, 2.45) is 0 Å². The first-order chi connectivity index (χ1) is 14.2. The predicted molar refractivity (Wildman–Crippen MR) is 110 cm³/mol. The van der Waals surface area contributed by atoms with Gasteiger partial charge in [0.1, 0.15) is 24.3 Å². The summed E-state index contributed by atoms with van der Waals surface area (Å²) < 4.78 is 11.4. The molecule has 1 aromatic heterocycles. The molecule has 9 heteroatoms. The Bertz CT molecular complexity index is 835. The van der Waals surface area contributed by atoms with E-state index in [2.05, 4.69) is 11.1 Å². The molecule has 3 atom stereocenters. The summed E-state index contributed by atoms with van der Waals surface area (Å²) in [7, 11) is 0. The quantitative estimate of drug-likeness (QED) is 0.674. The van der Waals surface area contributed by atoms with Crippen LogP contribution in [0.1, 0.15) is 46.5 Å². The lowest BCUT2D eigenvalue weighted by atomic mass is 10.1. The van der Waals surface area contributed by atoms with Crippen LogP contribution in [-0.2, 0) is 9.53 Å². The summed E-state index contributed by atoms with van der Waals surface area (Å²) in [5.74, 6) is 0.217. The zero-order valence-electron chi connectivity index (χ0n) is 17.5. The van der Waals surface area contributed by atoms with Gasteiger partial charge >= 0.3 is 6.09 Å². The summed E-state index contributed by atoms with van der Waals surface area (Å²) in [6.45, 7) is 6.04. The van der Waals surface area contributed by atoms with Crippen molar-refractivity contribution in [3.05, 3.63) is 23.5 Å². The molecule has 0 radical (unpaired) electrons. The molecule has 3 heterocycles. The molecule has 0 saturated carbocycles. The van der Waals surface area contributed by atoms with Crippen molar-refractivity contribution in [1.82, 2.24) is 14.8 Å². The number of amides is 2. The Morgan fingerprint density at radius 2 is 2.10 bits per heavy atom. The van der Waals surface area contributed by atoms with Gasteiger partial charge in [-0.1, -0.05) is 11.6 Å². The van der Waals surface area contributed by atoms with Crippen molar-refractivity contribution in [2.75, 3.05) is 13.2 Å². The Kier molecular flexibility index (Phi) is 6.71. The third kappa shape index (κ3) is 4.96. The van der Waals surface area contributed by atoms with E-state index >= 15 is 0 Å². The summed E-state index contributed by atoms with van der Waals surface area (Å²) in [4.78, 5) is 33.3. The number of carbonyl (C=O) groups is 2. The molecule has 162 valence electrons. The molecule has 2 aliphatic rings. The second-order valence-corrected chi connectivity index (χ2v) is 8.91. The first-order valence-electron chi connectivity index (χ1n) is 10.2. The number of nitriles is 1. The number of likely N-dealkylation sites (tertiary alicyclic amines) is 2. The van der Waals surface area contributed by atoms with E-state index < -0.39 is 23.8 Å². The van der Waals surface area contributed by atoms with E-state index in [-0.39, 0.29) is 23.7 Å². The molecule has 0 bridgehead atoms. The van der Waals surface area contributed by atoms with Crippen LogP contribution in [0.15, 0.2) is 18.3 Å². The van der Waals surface area contributed by atoms with Crippen LogP contribution >= 0.6 is 11.6 Å². The highest BCUT2D eigenvalue weighted by Gasteiger charge is 2.46. The molecule has 2 aliphatic heterocycles. The molecular formula is C21H27ClN4O4.